The molecule has 0 aliphatic carbocycles. The minimum atomic E-state index is -1.36. The van der Waals surface area contributed by atoms with Crippen LogP contribution in [0.4, 0.5) is 11.4 Å². The summed E-state index contributed by atoms with van der Waals surface area (Å²) >= 11 is 10.9. The molecule has 0 spiro atoms. The van der Waals surface area contributed by atoms with Gasteiger partial charge < -0.3 is 95.5 Å². The molecule has 2 fully saturated rings. The summed E-state index contributed by atoms with van der Waals surface area (Å²) in [6.07, 6.45) is 0.608. The number of carbonyl (C=O) groups excluding carboxylic acids is 3. The number of rotatable bonds is 37. The van der Waals surface area contributed by atoms with Gasteiger partial charge in [0, 0.05) is 148 Å². The molecule has 35 heteroatoms. The van der Waals surface area contributed by atoms with Gasteiger partial charge in [0.2, 0.25) is 0 Å². The van der Waals surface area contributed by atoms with Crippen molar-refractivity contribution in [1.29, 1.82) is 0 Å². The van der Waals surface area contributed by atoms with Crippen molar-refractivity contribution in [2.45, 2.75) is 24.9 Å². The van der Waals surface area contributed by atoms with Crippen LogP contribution in [0.5, 0.6) is 0 Å². The molecular formula is C58H87LuN12O20S2. The molecule has 2 heterocycles. The molecule has 4 rings (SSSR count). The van der Waals surface area contributed by atoms with Crippen molar-refractivity contribution < 1.29 is 135 Å². The van der Waals surface area contributed by atoms with Gasteiger partial charge in [-0.3, -0.25) is 63.2 Å². The predicted octanol–water partition coefficient (Wildman–Crippen LogP) is -6.04. The molecule has 2 unspecified atom stereocenters. The normalized spacial score (nSPS) is 17.8. The minimum Gasteiger partial charge on any atom is -0.549 e. The van der Waals surface area contributed by atoms with Crippen LogP contribution >= 0.6 is 24.4 Å². The predicted molar refractivity (Wildman–Crippen MR) is 335 cm³/mol. The third-order valence-corrected chi connectivity index (χ3v) is 15.2. The number of nitrogens with one attached hydrogen (secondary N) is 4. The van der Waals surface area contributed by atoms with E-state index in [9.17, 15) is 79.2 Å². The Balaban J connectivity index is 0.0000226. The number of carbonyl (C=O) groups is 8. The van der Waals surface area contributed by atoms with E-state index in [0.717, 1.165) is 11.1 Å². The van der Waals surface area contributed by atoms with Crippen molar-refractivity contribution in [2.24, 2.45) is 0 Å². The number of ether oxygens (including phenoxy) is 4. The largest absolute Gasteiger partial charge is 3.00 e. The number of carboxylic acids is 8. The standard InChI is InChI=1S/C58H90N12O20S2.Lu/c71-49(72)35-63-11-13-65(37-51(75)76)19-21-69(41-55(83)84)47(33-67(17-15-63)39-53(79)80)31-43-1-5-45(6-2-43)61-57(91)59-9-23-87-25-27-89-29-30-90-28-26-88-24-10-60-58(92)62-46-7-3-44(4-8-46)32-48-34-68(40-54(81)82)18-16-64(36-50(73)74)12-14-66(38-52(77)78)20-22-70(48)42-56(85)86;/h1-8,47-48H,9-42H2,(H,71,72)(H,73,74)(H,75,76)(H,77,78)(H,79,80)(H,81,82)(H,83,84)(H,85,86)(H2,59,61,91)(H2,60,62,92);/q;+3/p-3. The van der Waals surface area contributed by atoms with Gasteiger partial charge in [-0.1, -0.05) is 24.3 Å². The molecule has 2 aromatic carbocycles. The first-order valence-corrected chi connectivity index (χ1v) is 30.9. The second-order valence-corrected chi connectivity index (χ2v) is 22.7. The van der Waals surface area contributed by atoms with Crippen molar-refractivity contribution in [1.82, 2.24) is 49.8 Å². The van der Waals surface area contributed by atoms with Gasteiger partial charge in [-0.2, -0.15) is 0 Å². The second-order valence-electron chi connectivity index (χ2n) is 21.9. The SMILES string of the molecule is O=C([O-])CN1CCN(CC(=O)[O-])CCN(CC(=O)O)C(Cc2ccc(NC(=S)NCCOCCOCCOCCOCCNC(=S)Nc3ccc(CC4CN(CC(=O)O)CCN(CC(=O)O)CCN(CC(=O)O)CCN4CC(=O)O)cc3)cc2)CN(CC(=O)[O-])CC1.[Lu+3]. The molecule has 0 aromatic heterocycles. The van der Waals surface area contributed by atoms with Gasteiger partial charge in [-0.05, 0) is 72.7 Å². The zero-order valence-electron chi connectivity index (χ0n) is 51.8. The monoisotopic (exact) mass is 1510 g/mol. The molecule has 2 aliphatic heterocycles. The number of anilines is 2. The molecule has 93 heavy (non-hydrogen) atoms. The van der Waals surface area contributed by atoms with Crippen LogP contribution in [-0.2, 0) is 70.1 Å². The van der Waals surface area contributed by atoms with Crippen LogP contribution in [0.15, 0.2) is 48.5 Å². The summed E-state index contributed by atoms with van der Waals surface area (Å²) in [5.74, 6) is -9.54. The summed E-state index contributed by atoms with van der Waals surface area (Å²) in [5, 5.41) is 96.6. The van der Waals surface area contributed by atoms with Crippen LogP contribution in [0.2, 0.25) is 0 Å². The molecule has 2 aliphatic rings. The molecule has 0 bridgehead atoms. The first-order valence-electron chi connectivity index (χ1n) is 30.1. The molecule has 0 radical (unpaired) electrons. The van der Waals surface area contributed by atoms with Crippen LogP contribution in [0.25, 0.3) is 0 Å². The average molecular weight is 1510 g/mol. The fourth-order valence-electron chi connectivity index (χ4n) is 10.3. The van der Waals surface area contributed by atoms with E-state index in [4.69, 9.17) is 43.4 Å². The van der Waals surface area contributed by atoms with Crippen LogP contribution in [0, 0.1) is 36.9 Å². The number of carboxylic acid groups (broad SMARTS) is 8. The Labute approximate surface area is 580 Å². The van der Waals surface area contributed by atoms with Crippen LogP contribution < -0.4 is 36.6 Å². The third kappa shape index (κ3) is 37.9. The first-order chi connectivity index (χ1) is 44.0. The van der Waals surface area contributed by atoms with E-state index in [0.29, 0.717) is 94.0 Å². The number of hydrogen-bond acceptors (Lipinski definition) is 25. The van der Waals surface area contributed by atoms with E-state index in [-0.39, 0.29) is 161 Å². The molecule has 2 aromatic rings. The number of thiocarbonyl (C=S) groups is 2. The van der Waals surface area contributed by atoms with Crippen molar-refractivity contribution in [2.75, 3.05) is 221 Å². The molecule has 32 nitrogen and oxygen atoms in total. The maximum absolute atomic E-state index is 12.1. The van der Waals surface area contributed by atoms with Gasteiger partial charge in [-0.25, -0.2) is 0 Å². The zero-order chi connectivity index (χ0) is 67.2. The summed E-state index contributed by atoms with van der Waals surface area (Å²) in [6.45, 7) is 2.45. The molecule has 0 amide bonds. The van der Waals surface area contributed by atoms with Crippen molar-refractivity contribution >= 4 is 93.8 Å². The maximum atomic E-state index is 12.1. The fourth-order valence-corrected chi connectivity index (χ4v) is 10.7. The minimum absolute atomic E-state index is 0. The Kier molecular flexibility index (Phi) is 40.7. The number of nitrogens with zero attached hydrogens (tertiary/aromatic N) is 8. The van der Waals surface area contributed by atoms with Crippen LogP contribution in [0.1, 0.15) is 11.1 Å². The summed E-state index contributed by atoms with van der Waals surface area (Å²) in [4.78, 5) is 107. The summed E-state index contributed by atoms with van der Waals surface area (Å²) in [6, 6.07) is 13.5. The van der Waals surface area contributed by atoms with Crippen molar-refractivity contribution in [3.05, 3.63) is 59.7 Å². The molecule has 9 N–H and O–H groups in total. The van der Waals surface area contributed by atoms with E-state index in [1.807, 2.05) is 36.4 Å². The van der Waals surface area contributed by atoms with Gasteiger partial charge in [-0.15, -0.1) is 0 Å². The Morgan fingerprint density at radius 1 is 0.387 bits per heavy atom. The molecule has 0 saturated carbocycles. The Morgan fingerprint density at radius 2 is 0.645 bits per heavy atom. The average Bonchev–Trinajstić information content (AvgIpc) is 1.14. The topological polar surface area (TPSA) is 418 Å². The van der Waals surface area contributed by atoms with Gasteiger partial charge >= 0.3 is 66.7 Å². The van der Waals surface area contributed by atoms with Crippen molar-refractivity contribution in [3.8, 4) is 0 Å². The van der Waals surface area contributed by atoms with E-state index >= 15 is 0 Å². The fraction of sp³-hybridized carbons (Fsp3) is 0.621. The number of hydrogen-bond donors (Lipinski definition) is 9. The van der Waals surface area contributed by atoms with Crippen LogP contribution in [0.3, 0.4) is 0 Å². The third-order valence-electron chi connectivity index (χ3n) is 14.7. The van der Waals surface area contributed by atoms with E-state index in [1.54, 1.807) is 46.4 Å². The molecule has 2 saturated heterocycles. The summed E-state index contributed by atoms with van der Waals surface area (Å²) < 4.78 is 22.5. The second kappa shape index (κ2) is 46.5. The Hall–Kier alpha value is -5.67. The molecular weight excluding hydrogens is 1420 g/mol. The summed E-state index contributed by atoms with van der Waals surface area (Å²) in [5.41, 5.74) is 2.95. The zero-order valence-corrected chi connectivity index (χ0v) is 55.1. The van der Waals surface area contributed by atoms with Crippen molar-refractivity contribution in [3.63, 3.8) is 0 Å². The Morgan fingerprint density at radius 3 is 0.957 bits per heavy atom. The molecule has 2 atom stereocenters. The summed E-state index contributed by atoms with van der Waals surface area (Å²) in [7, 11) is 0. The molecule has 526 valence electrons. The van der Waals surface area contributed by atoms with Gasteiger partial charge in [0.1, 0.15) is 0 Å². The van der Waals surface area contributed by atoms with E-state index < -0.39 is 86.0 Å². The van der Waals surface area contributed by atoms with E-state index in [1.165, 1.54) is 4.90 Å². The van der Waals surface area contributed by atoms with E-state index in [2.05, 4.69) is 21.3 Å². The van der Waals surface area contributed by atoms with Gasteiger partial charge in [0.05, 0.1) is 103 Å². The van der Waals surface area contributed by atoms with Crippen LogP contribution in [-0.4, -0.2) is 345 Å². The maximum Gasteiger partial charge on any atom is 3.00 e. The quantitative estimate of drug-likeness (QED) is 0.0225. The number of aliphatic carboxylic acids is 8. The number of benzene rings is 2. The Bertz CT molecular complexity index is 2470. The first kappa shape index (κ1) is 81.6. The smallest absolute Gasteiger partial charge is 0.549 e. The van der Waals surface area contributed by atoms with Gasteiger partial charge in [0.15, 0.2) is 10.2 Å². The van der Waals surface area contributed by atoms with Gasteiger partial charge in [0.25, 0.3) is 0 Å².